The Labute approximate surface area is 155 Å². The first kappa shape index (κ1) is 18.0. The number of cyclic esters (lactones) is 1. The molecule has 0 N–H and O–H groups in total. The van der Waals surface area contributed by atoms with Gasteiger partial charge in [0.1, 0.15) is 0 Å². The van der Waals surface area contributed by atoms with Crippen molar-refractivity contribution in [3.05, 3.63) is 69.2 Å². The third kappa shape index (κ3) is 3.89. The van der Waals surface area contributed by atoms with Crippen LogP contribution in [0.3, 0.4) is 0 Å². The zero-order valence-corrected chi connectivity index (χ0v) is 15.6. The van der Waals surface area contributed by atoms with Gasteiger partial charge in [-0.15, -0.1) is 0 Å². The largest absolute Gasteiger partial charge is 0.462 e. The van der Waals surface area contributed by atoms with E-state index in [4.69, 9.17) is 27.9 Å². The fraction of sp³-hybridized carbons (Fsp3) is 0.167. The van der Waals surface area contributed by atoms with Crippen LogP contribution in [0.15, 0.2) is 52.9 Å². The van der Waals surface area contributed by atoms with Gasteiger partial charge in [0.25, 0.3) is 0 Å². The highest BCUT2D eigenvalue weighted by atomic mass is 35.5. The van der Waals surface area contributed by atoms with Crippen molar-refractivity contribution in [1.82, 2.24) is 0 Å². The van der Waals surface area contributed by atoms with E-state index >= 15 is 0 Å². The maximum absolute atomic E-state index is 12.1. The van der Waals surface area contributed by atoms with Crippen LogP contribution >= 0.6 is 23.2 Å². The lowest BCUT2D eigenvalue weighted by Gasteiger charge is -2.12. The molecular formula is C18H14Cl2O4S. The van der Waals surface area contributed by atoms with Crippen LogP contribution in [-0.2, 0) is 19.4 Å². The van der Waals surface area contributed by atoms with Crippen LogP contribution < -0.4 is 0 Å². The third-order valence-corrected chi connectivity index (χ3v) is 5.42. The second-order valence-corrected chi connectivity index (χ2v) is 8.58. The lowest BCUT2D eigenvalue weighted by atomic mass is 9.92. The molecule has 1 aliphatic heterocycles. The van der Waals surface area contributed by atoms with E-state index in [0.717, 1.165) is 6.26 Å². The van der Waals surface area contributed by atoms with Gasteiger partial charge in [0.05, 0.1) is 11.5 Å². The van der Waals surface area contributed by atoms with Gasteiger partial charge in [-0.2, -0.15) is 0 Å². The first-order valence-corrected chi connectivity index (χ1v) is 10.1. The molecule has 1 heterocycles. The van der Waals surface area contributed by atoms with Crippen molar-refractivity contribution in [1.29, 1.82) is 0 Å². The molecule has 0 bridgehead atoms. The van der Waals surface area contributed by atoms with Gasteiger partial charge < -0.3 is 4.74 Å². The number of hydrogen-bond acceptors (Lipinski definition) is 4. The minimum Gasteiger partial charge on any atom is -0.462 e. The highest BCUT2D eigenvalue weighted by molar-refractivity contribution is 7.90. The summed E-state index contributed by atoms with van der Waals surface area (Å²) in [5, 5.41) is 0.888. The molecule has 0 radical (unpaired) electrons. The highest BCUT2D eigenvalue weighted by Crippen LogP contribution is 2.34. The number of rotatable bonds is 3. The number of sulfone groups is 1. The number of carbonyl (C=O) groups excluding carboxylic acids is 1. The first-order valence-electron chi connectivity index (χ1n) is 7.43. The third-order valence-electron chi connectivity index (χ3n) is 3.86. The van der Waals surface area contributed by atoms with E-state index in [-0.39, 0.29) is 4.90 Å². The average Bonchev–Trinajstić information content (AvgIpc) is 2.92. The summed E-state index contributed by atoms with van der Waals surface area (Å²) < 4.78 is 28.4. The van der Waals surface area contributed by atoms with Gasteiger partial charge in [0.15, 0.2) is 9.84 Å². The van der Waals surface area contributed by atoms with Crippen molar-refractivity contribution < 1.29 is 17.9 Å². The number of benzene rings is 2. The second-order valence-electron chi connectivity index (χ2n) is 5.69. The molecule has 0 saturated carbocycles. The van der Waals surface area contributed by atoms with Crippen LogP contribution in [0.5, 0.6) is 0 Å². The molecule has 1 fully saturated rings. The zero-order valence-electron chi connectivity index (χ0n) is 13.3. The molecule has 25 heavy (non-hydrogen) atoms. The Morgan fingerprint density at radius 2 is 1.60 bits per heavy atom. The van der Waals surface area contributed by atoms with E-state index < -0.39 is 15.8 Å². The molecule has 1 aliphatic rings. The van der Waals surface area contributed by atoms with E-state index in [0.29, 0.717) is 45.3 Å². The molecule has 130 valence electrons. The normalized spacial score (nSPS) is 16.7. The molecule has 2 aromatic carbocycles. The van der Waals surface area contributed by atoms with Crippen LogP contribution in [0.2, 0.25) is 10.0 Å². The van der Waals surface area contributed by atoms with E-state index in [2.05, 4.69) is 0 Å². The van der Waals surface area contributed by atoms with Crippen molar-refractivity contribution in [3.8, 4) is 0 Å². The number of ether oxygens (including phenoxy) is 1. The predicted octanol–water partition coefficient (Wildman–Crippen LogP) is 4.15. The fourth-order valence-corrected chi connectivity index (χ4v) is 3.90. The average molecular weight is 397 g/mol. The quantitative estimate of drug-likeness (QED) is 0.577. The molecule has 0 spiro atoms. The Bertz CT molecular complexity index is 956. The summed E-state index contributed by atoms with van der Waals surface area (Å²) in [6.07, 6.45) is 1.61. The maximum Gasteiger partial charge on any atom is 0.334 e. The smallest absolute Gasteiger partial charge is 0.334 e. The summed E-state index contributed by atoms with van der Waals surface area (Å²) in [4.78, 5) is 12.3. The van der Waals surface area contributed by atoms with Crippen LogP contribution in [0.25, 0.3) is 5.57 Å². The number of carbonyl (C=O) groups is 1. The van der Waals surface area contributed by atoms with Gasteiger partial charge in [-0.1, -0.05) is 35.3 Å². The molecule has 4 nitrogen and oxygen atoms in total. The van der Waals surface area contributed by atoms with Crippen molar-refractivity contribution >= 4 is 44.6 Å². The van der Waals surface area contributed by atoms with Crippen LogP contribution in [0.1, 0.15) is 17.5 Å². The number of esters is 1. The Balaban J connectivity index is 2.21. The predicted molar refractivity (Wildman–Crippen MR) is 97.6 cm³/mol. The highest BCUT2D eigenvalue weighted by Gasteiger charge is 2.25. The number of hydrogen-bond donors (Lipinski definition) is 0. The van der Waals surface area contributed by atoms with Crippen LogP contribution in [0.4, 0.5) is 0 Å². The first-order chi connectivity index (χ1) is 11.8. The molecule has 3 rings (SSSR count). The van der Waals surface area contributed by atoms with Gasteiger partial charge >= 0.3 is 5.97 Å². The monoisotopic (exact) mass is 396 g/mol. The summed E-state index contributed by atoms with van der Waals surface area (Å²) in [5.74, 6) is -0.390. The van der Waals surface area contributed by atoms with Crippen molar-refractivity contribution in [2.45, 2.75) is 11.3 Å². The molecule has 0 aliphatic carbocycles. The molecule has 0 aromatic heterocycles. The molecule has 7 heteroatoms. The molecule has 0 unspecified atom stereocenters. The number of halogens is 2. The summed E-state index contributed by atoms with van der Waals surface area (Å²) in [6.45, 7) is 0.313. The Morgan fingerprint density at radius 3 is 2.08 bits per heavy atom. The Kier molecular flexibility index (Phi) is 4.91. The summed E-state index contributed by atoms with van der Waals surface area (Å²) in [6, 6.07) is 11.4. The van der Waals surface area contributed by atoms with Crippen LogP contribution in [0, 0.1) is 0 Å². The van der Waals surface area contributed by atoms with Gasteiger partial charge in [0.2, 0.25) is 0 Å². The van der Waals surface area contributed by atoms with Crippen LogP contribution in [-0.4, -0.2) is 27.2 Å². The van der Waals surface area contributed by atoms with E-state index in [1.807, 2.05) is 0 Å². The molecule has 1 saturated heterocycles. The zero-order chi connectivity index (χ0) is 18.2. The Morgan fingerprint density at radius 1 is 1.00 bits per heavy atom. The maximum atomic E-state index is 12.1. The SMILES string of the molecule is CS(=O)(=O)c1ccc(/C(=C2\CCOC2=O)c2cc(Cl)cc(Cl)c2)cc1. The Hall–Kier alpha value is -1.82. The fourth-order valence-electron chi connectivity index (χ4n) is 2.74. The summed E-state index contributed by atoms with van der Waals surface area (Å²) in [7, 11) is -3.30. The van der Waals surface area contributed by atoms with Crippen molar-refractivity contribution in [3.63, 3.8) is 0 Å². The van der Waals surface area contributed by atoms with Crippen molar-refractivity contribution in [2.24, 2.45) is 0 Å². The van der Waals surface area contributed by atoms with Gasteiger partial charge in [0, 0.05) is 28.3 Å². The molecule has 0 amide bonds. The topological polar surface area (TPSA) is 60.4 Å². The van der Waals surface area contributed by atoms with Gasteiger partial charge in [-0.3, -0.25) is 0 Å². The van der Waals surface area contributed by atoms with Crippen molar-refractivity contribution in [2.75, 3.05) is 12.9 Å². The molecular weight excluding hydrogens is 383 g/mol. The summed E-state index contributed by atoms with van der Waals surface area (Å²) in [5.41, 5.74) is 2.54. The standard InChI is InChI=1S/C18H14Cl2O4S/c1-25(22,23)15-4-2-11(3-5-15)17(16-6-7-24-18(16)21)12-8-13(19)10-14(20)9-12/h2-5,8-10H,6-7H2,1H3/b17-16-. The lowest BCUT2D eigenvalue weighted by Crippen LogP contribution is -2.02. The van der Waals surface area contributed by atoms with Gasteiger partial charge in [-0.25, -0.2) is 13.2 Å². The van der Waals surface area contributed by atoms with Gasteiger partial charge in [-0.05, 0) is 47.0 Å². The molecule has 0 atom stereocenters. The summed E-state index contributed by atoms with van der Waals surface area (Å²) >= 11 is 12.2. The minimum atomic E-state index is -3.30. The van der Waals surface area contributed by atoms with E-state index in [1.54, 1.807) is 30.3 Å². The lowest BCUT2D eigenvalue weighted by molar-refractivity contribution is -0.135. The minimum absolute atomic E-state index is 0.207. The van der Waals surface area contributed by atoms with E-state index in [9.17, 15) is 13.2 Å². The molecule has 2 aromatic rings. The van der Waals surface area contributed by atoms with E-state index in [1.165, 1.54) is 12.1 Å². The second kappa shape index (κ2) is 6.83.